The maximum Gasteiger partial charge on any atom is 0.280 e. The fourth-order valence-corrected chi connectivity index (χ4v) is 3.16. The molecule has 0 amide bonds. The minimum Gasteiger partial charge on any atom is -0.332 e. The Bertz CT molecular complexity index is 894. The molecule has 1 saturated heterocycles. The largest absolute Gasteiger partial charge is 0.332 e. The van der Waals surface area contributed by atoms with Crippen LogP contribution in [0.5, 0.6) is 0 Å². The van der Waals surface area contributed by atoms with Crippen molar-refractivity contribution < 1.29 is 4.52 Å². The van der Waals surface area contributed by atoms with Gasteiger partial charge >= 0.3 is 0 Å². The number of halogens is 2. The van der Waals surface area contributed by atoms with Crippen LogP contribution < -0.4 is 5.32 Å². The highest BCUT2D eigenvalue weighted by Crippen LogP contribution is 2.26. The van der Waals surface area contributed by atoms with E-state index in [2.05, 4.69) is 37.7 Å². The Morgan fingerprint density at radius 2 is 2.12 bits per heavy atom. The Morgan fingerprint density at radius 1 is 1.31 bits per heavy atom. The van der Waals surface area contributed by atoms with E-state index in [4.69, 9.17) is 16.1 Å². The number of likely N-dealkylation sites (N-methyl/N-ethyl adjacent to an activating group) is 1. The van der Waals surface area contributed by atoms with Crippen LogP contribution in [0.2, 0.25) is 5.02 Å². The lowest BCUT2D eigenvalue weighted by atomic mass is 10.2. The first kappa shape index (κ1) is 18.8. The quantitative estimate of drug-likeness (QED) is 0.727. The summed E-state index contributed by atoms with van der Waals surface area (Å²) in [5.41, 5.74) is 2.11. The summed E-state index contributed by atoms with van der Waals surface area (Å²) >= 11 is 6.26. The van der Waals surface area contributed by atoms with Gasteiger partial charge in [0.1, 0.15) is 0 Å². The number of aromatic nitrogens is 5. The Kier molecular flexibility index (Phi) is 5.57. The van der Waals surface area contributed by atoms with E-state index in [1.807, 2.05) is 31.2 Å². The van der Waals surface area contributed by atoms with Gasteiger partial charge in [-0.15, -0.1) is 17.5 Å². The van der Waals surface area contributed by atoms with E-state index in [0.717, 1.165) is 31.0 Å². The van der Waals surface area contributed by atoms with Crippen molar-refractivity contribution in [2.45, 2.75) is 13.0 Å². The van der Waals surface area contributed by atoms with E-state index in [1.54, 1.807) is 4.68 Å². The molecular weight excluding hydrogens is 377 g/mol. The Hall–Kier alpha value is -2.00. The van der Waals surface area contributed by atoms with E-state index in [-0.39, 0.29) is 18.4 Å². The summed E-state index contributed by atoms with van der Waals surface area (Å²) in [6, 6.07) is 7.56. The maximum atomic E-state index is 6.26. The summed E-state index contributed by atoms with van der Waals surface area (Å²) in [5, 5.41) is 16.5. The lowest BCUT2D eigenvalue weighted by molar-refractivity contribution is 0.190. The van der Waals surface area contributed by atoms with Gasteiger partial charge in [-0.1, -0.05) is 34.1 Å². The zero-order valence-electron chi connectivity index (χ0n) is 14.4. The average Bonchev–Trinajstić information content (AvgIpc) is 3.23. The molecule has 2 aromatic heterocycles. The summed E-state index contributed by atoms with van der Waals surface area (Å²) in [4.78, 5) is 6.74. The molecule has 8 nitrogen and oxygen atoms in total. The number of para-hydroxylation sites is 1. The van der Waals surface area contributed by atoms with Crippen LogP contribution in [-0.4, -0.2) is 56.7 Å². The topological polar surface area (TPSA) is 84.9 Å². The summed E-state index contributed by atoms with van der Waals surface area (Å²) in [6.45, 7) is 4.59. The summed E-state index contributed by atoms with van der Waals surface area (Å²) in [5.74, 6) is 1.01. The third-order valence-electron chi connectivity index (χ3n) is 4.43. The number of rotatable bonds is 3. The molecule has 26 heavy (non-hydrogen) atoms. The van der Waals surface area contributed by atoms with Crippen molar-refractivity contribution in [2.24, 2.45) is 0 Å². The molecule has 1 fully saturated rings. The SMILES string of the molecule is Cc1c(-c2nc(C3CNCCN3C)no2)nnn1-c1ccccc1Cl.Cl. The molecule has 4 rings (SSSR count). The molecule has 138 valence electrons. The Balaban J connectivity index is 0.00000196. The highest BCUT2D eigenvalue weighted by Gasteiger charge is 2.27. The van der Waals surface area contributed by atoms with Gasteiger partial charge in [0.15, 0.2) is 11.5 Å². The van der Waals surface area contributed by atoms with E-state index < -0.39 is 0 Å². The van der Waals surface area contributed by atoms with Gasteiger partial charge in [-0.3, -0.25) is 4.90 Å². The lowest BCUT2D eigenvalue weighted by Crippen LogP contribution is -2.44. The molecule has 0 aliphatic carbocycles. The van der Waals surface area contributed by atoms with E-state index in [1.165, 1.54) is 0 Å². The molecule has 1 atom stereocenters. The average molecular weight is 396 g/mol. The van der Waals surface area contributed by atoms with Crippen molar-refractivity contribution >= 4 is 24.0 Å². The molecular formula is C16H19Cl2N7O. The molecule has 1 aliphatic rings. The van der Waals surface area contributed by atoms with Crippen LogP contribution in [0, 0.1) is 6.92 Å². The van der Waals surface area contributed by atoms with Gasteiger partial charge in [-0.25, -0.2) is 4.68 Å². The number of hydrogen-bond acceptors (Lipinski definition) is 7. The van der Waals surface area contributed by atoms with Crippen LogP contribution in [-0.2, 0) is 0 Å². The Labute approximate surface area is 161 Å². The van der Waals surface area contributed by atoms with Crippen molar-refractivity contribution in [3.05, 3.63) is 40.8 Å². The molecule has 0 radical (unpaired) electrons. The van der Waals surface area contributed by atoms with Crippen molar-refractivity contribution in [3.8, 4) is 17.3 Å². The summed E-state index contributed by atoms with van der Waals surface area (Å²) < 4.78 is 7.12. The number of benzene rings is 1. The number of nitrogens with zero attached hydrogens (tertiary/aromatic N) is 6. The molecule has 3 aromatic rings. The molecule has 0 bridgehead atoms. The van der Waals surface area contributed by atoms with Gasteiger partial charge in [0, 0.05) is 19.6 Å². The molecule has 1 unspecified atom stereocenters. The smallest absolute Gasteiger partial charge is 0.280 e. The fraction of sp³-hybridized carbons (Fsp3) is 0.375. The highest BCUT2D eigenvalue weighted by molar-refractivity contribution is 6.32. The molecule has 1 aromatic carbocycles. The van der Waals surface area contributed by atoms with Crippen molar-refractivity contribution in [2.75, 3.05) is 26.7 Å². The van der Waals surface area contributed by atoms with Gasteiger partial charge in [0.2, 0.25) is 0 Å². The van der Waals surface area contributed by atoms with Crippen molar-refractivity contribution in [3.63, 3.8) is 0 Å². The third-order valence-corrected chi connectivity index (χ3v) is 4.75. The number of nitrogens with one attached hydrogen (secondary N) is 1. The van der Waals surface area contributed by atoms with Gasteiger partial charge in [-0.2, -0.15) is 4.98 Å². The number of hydrogen-bond donors (Lipinski definition) is 1. The second kappa shape index (κ2) is 7.71. The first-order valence-corrected chi connectivity index (χ1v) is 8.45. The van der Waals surface area contributed by atoms with Gasteiger partial charge < -0.3 is 9.84 Å². The van der Waals surface area contributed by atoms with Crippen LogP contribution in [0.3, 0.4) is 0 Å². The predicted molar refractivity (Wildman–Crippen MR) is 99.9 cm³/mol. The fourth-order valence-electron chi connectivity index (χ4n) is 2.94. The Morgan fingerprint density at radius 3 is 2.88 bits per heavy atom. The minimum absolute atomic E-state index is 0. The summed E-state index contributed by atoms with van der Waals surface area (Å²) in [6.07, 6.45) is 0. The van der Waals surface area contributed by atoms with Crippen LogP contribution in [0.1, 0.15) is 17.6 Å². The second-order valence-electron chi connectivity index (χ2n) is 6.04. The molecule has 1 N–H and O–H groups in total. The van der Waals surface area contributed by atoms with E-state index in [0.29, 0.717) is 22.4 Å². The molecule has 0 saturated carbocycles. The van der Waals surface area contributed by atoms with E-state index >= 15 is 0 Å². The third kappa shape index (κ3) is 3.33. The van der Waals surface area contributed by atoms with Crippen LogP contribution in [0.15, 0.2) is 28.8 Å². The monoisotopic (exact) mass is 395 g/mol. The van der Waals surface area contributed by atoms with Gasteiger partial charge in [-0.05, 0) is 26.1 Å². The normalized spacial score (nSPS) is 17.9. The van der Waals surface area contributed by atoms with Crippen molar-refractivity contribution in [1.29, 1.82) is 0 Å². The molecule has 10 heteroatoms. The molecule has 3 heterocycles. The van der Waals surface area contributed by atoms with Gasteiger partial charge in [0.25, 0.3) is 5.89 Å². The maximum absolute atomic E-state index is 6.26. The van der Waals surface area contributed by atoms with Gasteiger partial charge in [0.05, 0.1) is 22.4 Å². The number of piperazine rings is 1. The second-order valence-corrected chi connectivity index (χ2v) is 6.45. The van der Waals surface area contributed by atoms with Crippen LogP contribution >= 0.6 is 24.0 Å². The van der Waals surface area contributed by atoms with Crippen molar-refractivity contribution in [1.82, 2.24) is 35.4 Å². The zero-order valence-corrected chi connectivity index (χ0v) is 16.0. The predicted octanol–water partition coefficient (Wildman–Crippen LogP) is 2.28. The first-order chi connectivity index (χ1) is 12.1. The lowest BCUT2D eigenvalue weighted by Gasteiger charge is -2.30. The minimum atomic E-state index is 0. The summed E-state index contributed by atoms with van der Waals surface area (Å²) in [7, 11) is 2.06. The molecule has 1 aliphatic heterocycles. The molecule has 0 spiro atoms. The zero-order chi connectivity index (χ0) is 17.4. The first-order valence-electron chi connectivity index (χ1n) is 8.07. The van der Waals surface area contributed by atoms with Crippen LogP contribution in [0.4, 0.5) is 0 Å². The highest BCUT2D eigenvalue weighted by atomic mass is 35.5. The van der Waals surface area contributed by atoms with E-state index in [9.17, 15) is 0 Å². The van der Waals surface area contributed by atoms with Crippen LogP contribution in [0.25, 0.3) is 17.3 Å². The standard InChI is InChI=1S/C16H18ClN7O.ClH/c1-10-14(20-22-24(10)12-6-4-3-5-11(12)17)16-19-15(21-25-16)13-9-18-7-8-23(13)2;/h3-6,13,18H,7-9H2,1-2H3;1H.